The summed E-state index contributed by atoms with van der Waals surface area (Å²) in [5.74, 6) is -0.390. The van der Waals surface area contributed by atoms with Gasteiger partial charge < -0.3 is 9.84 Å². The van der Waals surface area contributed by atoms with Gasteiger partial charge in [-0.1, -0.05) is 30.3 Å². The lowest BCUT2D eigenvalue weighted by atomic mass is 10.1. The second-order valence-corrected chi connectivity index (χ2v) is 3.19. The first-order chi connectivity index (χ1) is 7.25. The number of rotatable bonds is 3. The van der Waals surface area contributed by atoms with Crippen LogP contribution >= 0.6 is 0 Å². The van der Waals surface area contributed by atoms with Gasteiger partial charge in [0.2, 0.25) is 0 Å². The highest BCUT2D eigenvalue weighted by Gasteiger charge is 1.99. The number of hydrogen-bond donors (Lipinski definition) is 1. The summed E-state index contributed by atoms with van der Waals surface area (Å²) in [6, 6.07) is 13.4. The molecule has 3 heteroatoms. The number of carbonyl (C=O) groups is 1. The van der Waals surface area contributed by atoms with Gasteiger partial charge in [-0.05, 0) is 22.9 Å². The molecule has 2 aromatic carbocycles. The Morgan fingerprint density at radius 2 is 1.87 bits per heavy atom. The third-order valence-corrected chi connectivity index (χ3v) is 2.08. The Bertz CT molecular complexity index is 491. The number of carboxylic acids is 1. The molecular weight excluding hydrogens is 192 g/mol. The molecule has 2 aromatic rings. The number of ether oxygens (including phenoxy) is 1. The molecule has 76 valence electrons. The molecule has 0 fully saturated rings. The Kier molecular flexibility index (Phi) is 2.54. The summed E-state index contributed by atoms with van der Waals surface area (Å²) < 4.78 is 5.08. The first-order valence-electron chi connectivity index (χ1n) is 4.59. The van der Waals surface area contributed by atoms with Gasteiger partial charge in [-0.15, -0.1) is 0 Å². The monoisotopic (exact) mass is 202 g/mol. The van der Waals surface area contributed by atoms with Gasteiger partial charge in [-0.25, -0.2) is 4.79 Å². The van der Waals surface area contributed by atoms with Crippen molar-refractivity contribution in [3.05, 3.63) is 42.5 Å². The molecule has 0 aromatic heterocycles. The van der Waals surface area contributed by atoms with Gasteiger partial charge in [0.15, 0.2) is 6.61 Å². The highest BCUT2D eigenvalue weighted by Crippen LogP contribution is 2.20. The summed E-state index contributed by atoms with van der Waals surface area (Å²) in [6.07, 6.45) is 0. The second-order valence-electron chi connectivity index (χ2n) is 3.19. The average molecular weight is 202 g/mol. The van der Waals surface area contributed by atoms with Crippen molar-refractivity contribution in [2.45, 2.75) is 0 Å². The molecule has 0 unspecified atom stereocenters. The predicted octanol–water partition coefficient (Wildman–Crippen LogP) is 2.30. The number of aliphatic carboxylic acids is 1. The first kappa shape index (κ1) is 9.52. The molecule has 3 nitrogen and oxygen atoms in total. The summed E-state index contributed by atoms with van der Waals surface area (Å²) in [6.45, 7) is -0.307. The highest BCUT2D eigenvalue weighted by molar-refractivity contribution is 5.83. The first-order valence-corrected chi connectivity index (χ1v) is 4.59. The van der Waals surface area contributed by atoms with Crippen LogP contribution in [-0.4, -0.2) is 17.7 Å². The fraction of sp³-hybridized carbons (Fsp3) is 0.0833. The number of fused-ring (bicyclic) bond motifs is 1. The van der Waals surface area contributed by atoms with Gasteiger partial charge in [-0.2, -0.15) is 0 Å². The van der Waals surface area contributed by atoms with Crippen LogP contribution in [0.1, 0.15) is 0 Å². The van der Waals surface area contributed by atoms with Crippen LogP contribution in [0.2, 0.25) is 0 Å². The molecule has 15 heavy (non-hydrogen) atoms. The van der Waals surface area contributed by atoms with Gasteiger partial charge in [0.25, 0.3) is 0 Å². The summed E-state index contributed by atoms with van der Waals surface area (Å²) >= 11 is 0. The van der Waals surface area contributed by atoms with E-state index in [1.165, 1.54) is 0 Å². The second kappa shape index (κ2) is 4.00. The van der Waals surface area contributed by atoms with E-state index < -0.39 is 5.97 Å². The van der Waals surface area contributed by atoms with Crippen LogP contribution < -0.4 is 4.74 Å². The minimum atomic E-state index is -0.969. The molecule has 0 saturated carbocycles. The predicted molar refractivity (Wildman–Crippen MR) is 57.1 cm³/mol. The zero-order valence-corrected chi connectivity index (χ0v) is 8.01. The van der Waals surface area contributed by atoms with Crippen LogP contribution in [0.4, 0.5) is 0 Å². The van der Waals surface area contributed by atoms with Gasteiger partial charge in [0.1, 0.15) is 5.75 Å². The van der Waals surface area contributed by atoms with E-state index in [0.717, 1.165) is 10.8 Å². The molecule has 0 atom stereocenters. The van der Waals surface area contributed by atoms with E-state index in [4.69, 9.17) is 9.84 Å². The molecule has 0 saturated heterocycles. The molecule has 2 rings (SSSR count). The molecular formula is C12H10O3. The number of hydrogen-bond acceptors (Lipinski definition) is 2. The molecule has 0 aliphatic heterocycles. The summed E-state index contributed by atoms with van der Waals surface area (Å²) in [5.41, 5.74) is 0. The topological polar surface area (TPSA) is 46.5 Å². The van der Waals surface area contributed by atoms with Crippen molar-refractivity contribution >= 4 is 16.7 Å². The zero-order chi connectivity index (χ0) is 10.7. The molecule has 0 radical (unpaired) electrons. The number of carboxylic acid groups (broad SMARTS) is 1. The van der Waals surface area contributed by atoms with E-state index in [1.54, 1.807) is 6.07 Å². The van der Waals surface area contributed by atoms with E-state index in [-0.39, 0.29) is 6.61 Å². The van der Waals surface area contributed by atoms with Gasteiger partial charge in [0.05, 0.1) is 0 Å². The van der Waals surface area contributed by atoms with Crippen molar-refractivity contribution in [1.29, 1.82) is 0 Å². The normalized spacial score (nSPS) is 10.1. The Morgan fingerprint density at radius 3 is 2.60 bits per heavy atom. The van der Waals surface area contributed by atoms with Crippen molar-refractivity contribution in [2.75, 3.05) is 6.61 Å². The Labute approximate surface area is 86.9 Å². The maximum atomic E-state index is 10.3. The molecule has 1 N–H and O–H groups in total. The molecule has 0 bridgehead atoms. The van der Waals surface area contributed by atoms with Crippen LogP contribution in [0, 0.1) is 0 Å². The Balaban J connectivity index is 2.26. The van der Waals surface area contributed by atoms with E-state index in [0.29, 0.717) is 5.75 Å². The third-order valence-electron chi connectivity index (χ3n) is 2.08. The van der Waals surface area contributed by atoms with E-state index >= 15 is 0 Å². The third kappa shape index (κ3) is 2.26. The van der Waals surface area contributed by atoms with Crippen LogP contribution in [-0.2, 0) is 4.79 Å². The molecule has 0 heterocycles. The molecule has 0 aliphatic rings. The molecule has 0 amide bonds. The van der Waals surface area contributed by atoms with Crippen LogP contribution in [0.5, 0.6) is 5.75 Å². The maximum absolute atomic E-state index is 10.3. The van der Waals surface area contributed by atoms with Crippen molar-refractivity contribution in [3.8, 4) is 5.75 Å². The van der Waals surface area contributed by atoms with E-state index in [1.807, 2.05) is 36.4 Å². The van der Waals surface area contributed by atoms with Gasteiger partial charge in [0, 0.05) is 0 Å². The van der Waals surface area contributed by atoms with E-state index in [9.17, 15) is 4.79 Å². The summed E-state index contributed by atoms with van der Waals surface area (Å²) in [5, 5.41) is 10.6. The smallest absolute Gasteiger partial charge is 0.341 e. The fourth-order valence-corrected chi connectivity index (χ4v) is 1.40. The minimum absolute atomic E-state index is 0.307. The SMILES string of the molecule is O=C(O)COc1ccc2ccccc2c1. The zero-order valence-electron chi connectivity index (χ0n) is 8.01. The Hall–Kier alpha value is -2.03. The largest absolute Gasteiger partial charge is 0.482 e. The van der Waals surface area contributed by atoms with Crippen LogP contribution in [0.25, 0.3) is 10.8 Å². The molecule has 0 spiro atoms. The summed E-state index contributed by atoms with van der Waals surface area (Å²) in [4.78, 5) is 10.3. The Morgan fingerprint density at radius 1 is 1.13 bits per heavy atom. The van der Waals surface area contributed by atoms with Crippen molar-refractivity contribution < 1.29 is 14.6 Å². The van der Waals surface area contributed by atoms with E-state index in [2.05, 4.69) is 0 Å². The minimum Gasteiger partial charge on any atom is -0.482 e. The van der Waals surface area contributed by atoms with Gasteiger partial charge >= 0.3 is 5.97 Å². The lowest BCUT2D eigenvalue weighted by Crippen LogP contribution is -2.09. The van der Waals surface area contributed by atoms with Crippen LogP contribution in [0.3, 0.4) is 0 Å². The average Bonchev–Trinajstić information content (AvgIpc) is 2.26. The van der Waals surface area contributed by atoms with Gasteiger partial charge in [-0.3, -0.25) is 0 Å². The van der Waals surface area contributed by atoms with Crippen molar-refractivity contribution in [2.24, 2.45) is 0 Å². The summed E-state index contributed by atoms with van der Waals surface area (Å²) in [7, 11) is 0. The lowest BCUT2D eigenvalue weighted by molar-refractivity contribution is -0.139. The fourth-order valence-electron chi connectivity index (χ4n) is 1.40. The van der Waals surface area contributed by atoms with Crippen molar-refractivity contribution in [1.82, 2.24) is 0 Å². The quantitative estimate of drug-likeness (QED) is 0.830. The standard InChI is InChI=1S/C12H10O3/c13-12(14)8-15-11-6-5-9-3-1-2-4-10(9)7-11/h1-7H,8H2,(H,13,14). The van der Waals surface area contributed by atoms with Crippen molar-refractivity contribution in [3.63, 3.8) is 0 Å². The highest BCUT2D eigenvalue weighted by atomic mass is 16.5. The van der Waals surface area contributed by atoms with Crippen LogP contribution in [0.15, 0.2) is 42.5 Å². The molecule has 0 aliphatic carbocycles. The maximum Gasteiger partial charge on any atom is 0.341 e. The number of benzene rings is 2. The lowest BCUT2D eigenvalue weighted by Gasteiger charge is -2.04.